The Morgan fingerprint density at radius 3 is 2.55 bits per heavy atom. The molecule has 1 aromatic carbocycles. The molecule has 1 heterocycles. The van der Waals surface area contributed by atoms with Crippen molar-refractivity contribution in [2.75, 3.05) is 17.3 Å². The van der Waals surface area contributed by atoms with E-state index in [0.717, 1.165) is 19.9 Å². The third kappa shape index (κ3) is 4.72. The number of hydrogen-bond acceptors (Lipinski definition) is 6. The fourth-order valence-corrected chi connectivity index (χ4v) is 4.14. The van der Waals surface area contributed by atoms with E-state index in [1.807, 2.05) is 24.5 Å². The molecule has 2 aromatic rings. The molecule has 0 aliphatic rings. The summed E-state index contributed by atoms with van der Waals surface area (Å²) < 4.78 is 1.74. The first kappa shape index (κ1) is 17.3. The van der Waals surface area contributed by atoms with Crippen LogP contribution in [0, 0.1) is 0 Å². The van der Waals surface area contributed by atoms with E-state index in [1.165, 1.54) is 23.1 Å². The molecule has 0 bridgehead atoms. The number of para-hydroxylation sites is 1. The zero-order valence-corrected chi connectivity index (χ0v) is 15.5. The van der Waals surface area contributed by atoms with E-state index in [9.17, 15) is 4.79 Å². The predicted octanol–water partition coefficient (Wildman–Crippen LogP) is 4.29. The molecule has 0 radical (unpaired) electrons. The lowest BCUT2D eigenvalue weighted by Crippen LogP contribution is -2.19. The van der Waals surface area contributed by atoms with Crippen molar-refractivity contribution in [3.05, 3.63) is 29.8 Å². The highest BCUT2D eigenvalue weighted by atomic mass is 32.2. The summed E-state index contributed by atoms with van der Waals surface area (Å²) in [7, 11) is 0. The SMILES string of the molecule is CSc1nnc(SCC(=O)Nc2ccccc2C(C)(C)C)s1. The van der Waals surface area contributed by atoms with Gasteiger partial charge in [-0.15, -0.1) is 10.2 Å². The van der Waals surface area contributed by atoms with Gasteiger partial charge in [0.1, 0.15) is 0 Å². The van der Waals surface area contributed by atoms with Crippen LogP contribution in [0.3, 0.4) is 0 Å². The Balaban J connectivity index is 1.98. The van der Waals surface area contributed by atoms with Gasteiger partial charge in [0.05, 0.1) is 5.75 Å². The molecule has 22 heavy (non-hydrogen) atoms. The van der Waals surface area contributed by atoms with Crippen molar-refractivity contribution in [1.82, 2.24) is 10.2 Å². The highest BCUT2D eigenvalue weighted by molar-refractivity contribution is 8.03. The lowest BCUT2D eigenvalue weighted by Gasteiger charge is -2.22. The molecule has 2 rings (SSSR count). The van der Waals surface area contributed by atoms with Crippen LogP contribution in [0.2, 0.25) is 0 Å². The first-order valence-corrected chi connectivity index (χ1v) is 9.82. The second kappa shape index (κ2) is 7.48. The van der Waals surface area contributed by atoms with E-state index >= 15 is 0 Å². The fourth-order valence-electron chi connectivity index (χ4n) is 1.90. The Morgan fingerprint density at radius 2 is 1.91 bits per heavy atom. The molecule has 118 valence electrons. The van der Waals surface area contributed by atoms with Crippen LogP contribution < -0.4 is 5.32 Å². The Labute approximate surface area is 143 Å². The van der Waals surface area contributed by atoms with Gasteiger partial charge in [-0.3, -0.25) is 4.79 Å². The average Bonchev–Trinajstić information content (AvgIpc) is 2.92. The quantitative estimate of drug-likeness (QED) is 0.813. The predicted molar refractivity (Wildman–Crippen MR) is 96.2 cm³/mol. The first-order valence-electron chi connectivity index (χ1n) is 6.80. The van der Waals surface area contributed by atoms with E-state index in [-0.39, 0.29) is 11.3 Å². The van der Waals surface area contributed by atoms with E-state index in [4.69, 9.17) is 0 Å². The van der Waals surface area contributed by atoms with Crippen LogP contribution in [0.25, 0.3) is 0 Å². The van der Waals surface area contributed by atoms with Gasteiger partial charge in [-0.05, 0) is 23.3 Å². The zero-order valence-electron chi connectivity index (χ0n) is 13.0. The number of amides is 1. The number of nitrogens with zero attached hydrogens (tertiary/aromatic N) is 2. The van der Waals surface area contributed by atoms with Gasteiger partial charge in [0.15, 0.2) is 8.68 Å². The van der Waals surface area contributed by atoms with Crippen LogP contribution in [0.5, 0.6) is 0 Å². The maximum absolute atomic E-state index is 12.2. The molecule has 0 aliphatic heterocycles. The van der Waals surface area contributed by atoms with E-state index in [2.05, 4.69) is 42.4 Å². The molecule has 4 nitrogen and oxygen atoms in total. The number of rotatable bonds is 5. The van der Waals surface area contributed by atoms with Crippen LogP contribution >= 0.6 is 34.9 Å². The van der Waals surface area contributed by atoms with Crippen molar-refractivity contribution in [3.63, 3.8) is 0 Å². The van der Waals surface area contributed by atoms with Crippen molar-refractivity contribution in [1.29, 1.82) is 0 Å². The molecule has 7 heteroatoms. The average molecular weight is 354 g/mol. The summed E-state index contributed by atoms with van der Waals surface area (Å²) in [5.74, 6) is 0.309. The van der Waals surface area contributed by atoms with Crippen molar-refractivity contribution in [3.8, 4) is 0 Å². The van der Waals surface area contributed by atoms with E-state index in [1.54, 1.807) is 11.8 Å². The summed E-state index contributed by atoms with van der Waals surface area (Å²) in [5.41, 5.74) is 2.00. The van der Waals surface area contributed by atoms with Crippen molar-refractivity contribution in [2.45, 2.75) is 34.9 Å². The number of anilines is 1. The molecule has 0 saturated carbocycles. The zero-order chi connectivity index (χ0) is 16.2. The molecule has 0 saturated heterocycles. The summed E-state index contributed by atoms with van der Waals surface area (Å²) in [4.78, 5) is 12.2. The number of benzene rings is 1. The number of nitrogens with one attached hydrogen (secondary N) is 1. The van der Waals surface area contributed by atoms with Crippen LogP contribution in [0.15, 0.2) is 32.9 Å². The van der Waals surface area contributed by atoms with Gasteiger partial charge in [-0.2, -0.15) is 0 Å². The van der Waals surface area contributed by atoms with Crippen LogP contribution in [0.1, 0.15) is 26.3 Å². The lowest BCUT2D eigenvalue weighted by molar-refractivity contribution is -0.113. The Bertz CT molecular complexity index is 649. The number of aromatic nitrogens is 2. The molecule has 0 aliphatic carbocycles. The summed E-state index contributed by atoms with van der Waals surface area (Å²) >= 11 is 4.49. The van der Waals surface area contributed by atoms with Crippen LogP contribution in [-0.2, 0) is 10.2 Å². The summed E-state index contributed by atoms with van der Waals surface area (Å²) in [6.45, 7) is 6.41. The molecule has 0 spiro atoms. The van der Waals surface area contributed by atoms with E-state index < -0.39 is 0 Å². The summed E-state index contributed by atoms with van der Waals surface area (Å²) in [6, 6.07) is 7.93. The second-order valence-corrected chi connectivity index (χ2v) is 8.92. The Kier molecular flexibility index (Phi) is 5.88. The molecule has 1 aromatic heterocycles. The van der Waals surface area contributed by atoms with E-state index in [0.29, 0.717) is 5.75 Å². The topological polar surface area (TPSA) is 54.9 Å². The monoisotopic (exact) mass is 353 g/mol. The minimum atomic E-state index is -0.0254. The minimum absolute atomic E-state index is 0.0104. The molecule has 1 N–H and O–H groups in total. The van der Waals surface area contributed by atoms with Crippen LogP contribution in [0.4, 0.5) is 5.69 Å². The van der Waals surface area contributed by atoms with Gasteiger partial charge in [0, 0.05) is 5.69 Å². The van der Waals surface area contributed by atoms with Gasteiger partial charge in [0.25, 0.3) is 0 Å². The lowest BCUT2D eigenvalue weighted by atomic mass is 9.86. The van der Waals surface area contributed by atoms with Crippen molar-refractivity contribution < 1.29 is 4.79 Å². The highest BCUT2D eigenvalue weighted by Crippen LogP contribution is 2.30. The Morgan fingerprint density at radius 1 is 1.23 bits per heavy atom. The minimum Gasteiger partial charge on any atom is -0.325 e. The number of carbonyl (C=O) groups excluding carboxylic acids is 1. The van der Waals surface area contributed by atoms with Crippen molar-refractivity contribution in [2.24, 2.45) is 0 Å². The molecule has 0 unspecified atom stereocenters. The summed E-state index contributed by atoms with van der Waals surface area (Å²) in [6.07, 6.45) is 1.96. The number of thioether (sulfide) groups is 2. The standard InChI is InChI=1S/C15H19N3OS3/c1-15(2,3)10-7-5-6-8-11(10)16-12(19)9-21-14-18-17-13(20-4)22-14/h5-8H,9H2,1-4H3,(H,16,19). The van der Waals surface area contributed by atoms with Gasteiger partial charge in [-0.25, -0.2) is 0 Å². The number of hydrogen-bond donors (Lipinski definition) is 1. The maximum atomic E-state index is 12.2. The van der Waals surface area contributed by atoms with Crippen molar-refractivity contribution >= 4 is 46.5 Å². The highest BCUT2D eigenvalue weighted by Gasteiger charge is 2.18. The Hall–Kier alpha value is -1.05. The summed E-state index contributed by atoms with van der Waals surface area (Å²) in [5, 5.41) is 11.1. The maximum Gasteiger partial charge on any atom is 0.234 e. The number of carbonyl (C=O) groups is 1. The molecular weight excluding hydrogens is 334 g/mol. The fraction of sp³-hybridized carbons (Fsp3) is 0.400. The van der Waals surface area contributed by atoms with Crippen LogP contribution in [-0.4, -0.2) is 28.1 Å². The third-order valence-corrected chi connectivity index (χ3v) is 5.93. The van der Waals surface area contributed by atoms with Gasteiger partial charge < -0.3 is 5.32 Å². The third-order valence-electron chi connectivity index (χ3n) is 2.90. The molecule has 0 atom stereocenters. The largest absolute Gasteiger partial charge is 0.325 e. The normalized spacial score (nSPS) is 11.5. The van der Waals surface area contributed by atoms with Gasteiger partial charge in [0.2, 0.25) is 5.91 Å². The first-order chi connectivity index (χ1) is 10.4. The second-order valence-electron chi connectivity index (χ2n) is 5.67. The van der Waals surface area contributed by atoms with Gasteiger partial charge >= 0.3 is 0 Å². The molecule has 0 fully saturated rings. The molecular formula is C15H19N3OS3. The molecule has 1 amide bonds. The smallest absolute Gasteiger partial charge is 0.234 e. The van der Waals surface area contributed by atoms with Gasteiger partial charge in [-0.1, -0.05) is 73.8 Å².